The maximum Gasteiger partial charge on any atom is 0.335 e. The Morgan fingerprint density at radius 3 is 2.52 bits per heavy atom. The molecule has 4 atom stereocenters. The third-order valence-corrected chi connectivity index (χ3v) is 7.08. The summed E-state index contributed by atoms with van der Waals surface area (Å²) in [5.74, 6) is -1.83. The minimum atomic E-state index is -1.41. The maximum absolute atomic E-state index is 12.9. The smallest absolute Gasteiger partial charge is 0.335 e. The van der Waals surface area contributed by atoms with Crippen LogP contribution in [0, 0.1) is 0 Å². The number of ether oxygens (including phenoxy) is 7. The van der Waals surface area contributed by atoms with Crippen LogP contribution in [0.3, 0.4) is 0 Å². The number of carboxylic acid groups (broad SMARTS) is 1. The van der Waals surface area contributed by atoms with Gasteiger partial charge in [-0.05, 0) is 31.0 Å². The summed E-state index contributed by atoms with van der Waals surface area (Å²) in [6.45, 7) is 2.79. The minimum Gasteiger partial charge on any atom is -0.496 e. The van der Waals surface area contributed by atoms with Crippen molar-refractivity contribution < 1.29 is 52.6 Å². The van der Waals surface area contributed by atoms with Gasteiger partial charge in [0.25, 0.3) is 0 Å². The molecule has 4 rings (SSSR count). The lowest BCUT2D eigenvalue weighted by molar-refractivity contribution is -0.151. The molecule has 0 saturated carbocycles. The van der Waals surface area contributed by atoms with E-state index in [9.17, 15) is 19.5 Å². The van der Waals surface area contributed by atoms with E-state index in [0.29, 0.717) is 22.3 Å². The summed E-state index contributed by atoms with van der Waals surface area (Å²) < 4.78 is 39.6. The SMILES string of the molecule is COCOc1cccc2c(OC)c(C3=C(C(=O)O)[C@@H](OC(C)=O)[C@@]4(C)O[C@H]4[C@H]3OC(=O)CCCN=[N+]=[N-])cc(OC)c12. The van der Waals surface area contributed by atoms with Gasteiger partial charge in [-0.2, -0.15) is 0 Å². The van der Waals surface area contributed by atoms with E-state index in [4.69, 9.17) is 38.7 Å². The zero-order valence-corrected chi connectivity index (χ0v) is 23.7. The summed E-state index contributed by atoms with van der Waals surface area (Å²) in [4.78, 5) is 40.6. The third kappa shape index (κ3) is 5.64. The van der Waals surface area contributed by atoms with E-state index in [1.54, 1.807) is 31.2 Å². The Morgan fingerprint density at radius 2 is 1.90 bits per heavy atom. The number of rotatable bonds is 13. The predicted octanol–water partition coefficient (Wildman–Crippen LogP) is 3.78. The molecule has 2 aromatic rings. The highest BCUT2D eigenvalue weighted by molar-refractivity contribution is 6.06. The van der Waals surface area contributed by atoms with Gasteiger partial charge in [-0.3, -0.25) is 9.59 Å². The molecule has 0 radical (unpaired) electrons. The van der Waals surface area contributed by atoms with Gasteiger partial charge in [0.05, 0.1) is 25.2 Å². The molecule has 2 aromatic carbocycles. The van der Waals surface area contributed by atoms with Crippen molar-refractivity contribution in [3.8, 4) is 17.2 Å². The number of esters is 2. The molecule has 0 unspecified atom stereocenters. The van der Waals surface area contributed by atoms with Crippen LogP contribution in [-0.2, 0) is 33.3 Å². The number of azide groups is 1. The summed E-state index contributed by atoms with van der Waals surface area (Å²) in [6, 6.07) is 6.72. The monoisotopic (exact) mass is 585 g/mol. The van der Waals surface area contributed by atoms with Crippen molar-refractivity contribution in [2.24, 2.45) is 5.11 Å². The number of fused-ring (bicyclic) bond motifs is 2. The molecule has 2 aliphatic rings. The van der Waals surface area contributed by atoms with Gasteiger partial charge in [0.1, 0.15) is 29.0 Å². The molecule has 14 heteroatoms. The van der Waals surface area contributed by atoms with Crippen molar-refractivity contribution in [1.29, 1.82) is 0 Å². The molecule has 1 heterocycles. The minimum absolute atomic E-state index is 0.0254. The van der Waals surface area contributed by atoms with Crippen LogP contribution in [0.15, 0.2) is 35.0 Å². The van der Waals surface area contributed by atoms with Gasteiger partial charge in [-0.1, -0.05) is 17.2 Å². The number of nitrogens with zero attached hydrogens (tertiary/aromatic N) is 3. The van der Waals surface area contributed by atoms with E-state index < -0.39 is 41.8 Å². The molecule has 14 nitrogen and oxygen atoms in total. The Hall–Kier alpha value is -4.52. The zero-order valence-electron chi connectivity index (χ0n) is 23.7. The number of benzene rings is 2. The molecule has 42 heavy (non-hydrogen) atoms. The Kier molecular flexibility index (Phi) is 9.10. The number of carbonyl (C=O) groups excluding carboxylic acids is 2. The number of methoxy groups -OCH3 is 3. The predicted molar refractivity (Wildman–Crippen MR) is 146 cm³/mol. The van der Waals surface area contributed by atoms with Crippen LogP contribution in [0.5, 0.6) is 17.2 Å². The second-order valence-electron chi connectivity index (χ2n) is 9.70. The highest BCUT2D eigenvalue weighted by Gasteiger charge is 2.70. The average molecular weight is 586 g/mol. The van der Waals surface area contributed by atoms with E-state index in [0.717, 1.165) is 6.92 Å². The number of hydrogen-bond acceptors (Lipinski definition) is 11. The molecule has 0 bridgehead atoms. The summed E-state index contributed by atoms with van der Waals surface area (Å²) in [6.07, 6.45) is -3.26. The first-order valence-corrected chi connectivity index (χ1v) is 12.9. The number of hydrogen-bond donors (Lipinski definition) is 1. The van der Waals surface area contributed by atoms with Crippen molar-refractivity contribution in [3.63, 3.8) is 0 Å². The van der Waals surface area contributed by atoms with Gasteiger partial charge < -0.3 is 38.3 Å². The molecule has 1 N–H and O–H groups in total. The number of carbonyl (C=O) groups is 3. The summed E-state index contributed by atoms with van der Waals surface area (Å²) in [5, 5.41) is 15.0. The van der Waals surface area contributed by atoms with Crippen molar-refractivity contribution >= 4 is 34.3 Å². The molecule has 0 spiro atoms. The summed E-state index contributed by atoms with van der Waals surface area (Å²) in [7, 11) is 4.33. The van der Waals surface area contributed by atoms with E-state index in [-0.39, 0.29) is 48.6 Å². The van der Waals surface area contributed by atoms with Crippen molar-refractivity contribution in [2.75, 3.05) is 34.7 Å². The molecule has 0 aromatic heterocycles. The van der Waals surface area contributed by atoms with E-state index in [2.05, 4.69) is 10.0 Å². The molecular weight excluding hydrogens is 554 g/mol. The van der Waals surface area contributed by atoms with Crippen molar-refractivity contribution in [3.05, 3.63) is 45.8 Å². The topological polar surface area (TPSA) is 188 Å². The van der Waals surface area contributed by atoms with Crippen LogP contribution < -0.4 is 14.2 Å². The fourth-order valence-electron chi connectivity index (χ4n) is 5.29. The Balaban J connectivity index is 1.97. The van der Waals surface area contributed by atoms with Gasteiger partial charge >= 0.3 is 17.9 Å². The van der Waals surface area contributed by atoms with Gasteiger partial charge in [-0.15, -0.1) is 0 Å². The molecular formula is C28H31N3O11. The van der Waals surface area contributed by atoms with Crippen molar-refractivity contribution in [1.82, 2.24) is 0 Å². The molecule has 1 aliphatic heterocycles. The number of epoxide rings is 1. The van der Waals surface area contributed by atoms with Crippen LogP contribution in [0.25, 0.3) is 26.8 Å². The molecule has 1 aliphatic carbocycles. The van der Waals surface area contributed by atoms with Gasteiger partial charge in [0.15, 0.2) is 19.0 Å². The van der Waals surface area contributed by atoms with E-state index in [1.165, 1.54) is 21.3 Å². The number of aliphatic carboxylic acids is 1. The van der Waals surface area contributed by atoms with Gasteiger partial charge in [-0.25, -0.2) is 4.79 Å². The maximum atomic E-state index is 12.9. The molecule has 0 amide bonds. The van der Waals surface area contributed by atoms with Gasteiger partial charge in [0.2, 0.25) is 0 Å². The quantitative estimate of drug-likeness (QED) is 0.0685. The van der Waals surface area contributed by atoms with Crippen molar-refractivity contribution in [2.45, 2.75) is 50.6 Å². The standard InChI is InChI=1S/C28H31N3O11/c1-14(32)40-25-22(27(34)35)21(24(26-28(25,2)42-26)41-19(33)10-7-11-30-31-29)16-12-18(37-4)20-15(23(16)38-5)8-6-9-17(20)39-13-36-3/h6,8-9,12,24-26H,7,10-11,13H2,1-5H3,(H,34,35)/t24-,25+,26-,28+/m0/s1. The van der Waals surface area contributed by atoms with Crippen LogP contribution >= 0.6 is 0 Å². The van der Waals surface area contributed by atoms with E-state index >= 15 is 0 Å². The Bertz CT molecular complexity index is 1480. The van der Waals surface area contributed by atoms with Crippen LogP contribution in [0.1, 0.15) is 32.3 Å². The normalized spacial score (nSPS) is 22.5. The second kappa shape index (κ2) is 12.6. The Morgan fingerprint density at radius 1 is 1.14 bits per heavy atom. The molecule has 1 saturated heterocycles. The van der Waals surface area contributed by atoms with Crippen LogP contribution in [-0.4, -0.2) is 81.6 Å². The largest absolute Gasteiger partial charge is 0.496 e. The fourth-order valence-corrected chi connectivity index (χ4v) is 5.29. The zero-order chi connectivity index (χ0) is 30.6. The lowest BCUT2D eigenvalue weighted by Gasteiger charge is -2.33. The third-order valence-electron chi connectivity index (χ3n) is 7.08. The first kappa shape index (κ1) is 30.4. The first-order valence-electron chi connectivity index (χ1n) is 12.9. The fraction of sp³-hybridized carbons (Fsp3) is 0.464. The highest BCUT2D eigenvalue weighted by atomic mass is 16.7. The molecule has 224 valence electrons. The van der Waals surface area contributed by atoms with Gasteiger partial charge in [0, 0.05) is 48.4 Å². The van der Waals surface area contributed by atoms with Crippen LogP contribution in [0.2, 0.25) is 0 Å². The van der Waals surface area contributed by atoms with Crippen LogP contribution in [0.4, 0.5) is 0 Å². The summed E-state index contributed by atoms with van der Waals surface area (Å²) >= 11 is 0. The average Bonchev–Trinajstić information content (AvgIpc) is 3.66. The number of carboxylic acids is 1. The lowest BCUT2D eigenvalue weighted by atomic mass is 9.77. The van der Waals surface area contributed by atoms with E-state index in [1.807, 2.05) is 0 Å². The Labute approximate surface area is 240 Å². The highest BCUT2D eigenvalue weighted by Crippen LogP contribution is 2.56. The second-order valence-corrected chi connectivity index (χ2v) is 9.70. The first-order chi connectivity index (χ1) is 20.1. The molecule has 1 fully saturated rings. The lowest BCUT2D eigenvalue weighted by Crippen LogP contribution is -2.46. The summed E-state index contributed by atoms with van der Waals surface area (Å²) in [5.41, 5.74) is 7.16.